The van der Waals surface area contributed by atoms with Crippen LogP contribution < -0.4 is 0 Å². The quantitative estimate of drug-likeness (QED) is 0.291. The van der Waals surface area contributed by atoms with E-state index in [1.165, 1.54) is 34.2 Å². The third kappa shape index (κ3) is 4.48. The predicted octanol–water partition coefficient (Wildman–Crippen LogP) is 6.13. The number of fused-ring (bicyclic) bond motifs is 3. The first kappa shape index (κ1) is 21.4. The normalized spacial score (nSPS) is 13.4. The summed E-state index contributed by atoms with van der Waals surface area (Å²) in [6.07, 6.45) is 10.3. The van der Waals surface area contributed by atoms with Gasteiger partial charge in [-0.2, -0.15) is 6.08 Å². The average molecular weight is 429 g/mol. The van der Waals surface area contributed by atoms with E-state index in [0.29, 0.717) is 5.92 Å². The van der Waals surface area contributed by atoms with Crippen LogP contribution in [0.25, 0.3) is 11.1 Å². The SMILES string of the molecule is CCl.C[Si]C.[C-]1=C(C2c3ccccc3-c3ccccc32)C=CC1.[Zr]. The average Bonchev–Trinajstić information content (AvgIpc) is 3.23. The second kappa shape index (κ2) is 11.0. The smallest absolute Gasteiger partial charge is 0.0307 e. The van der Waals surface area contributed by atoms with Gasteiger partial charge in [0.05, 0.1) is 0 Å². The first-order valence-electron chi connectivity index (χ1n) is 7.78. The molecule has 0 saturated carbocycles. The molecule has 2 aromatic carbocycles. The molecule has 0 saturated heterocycles. The molecule has 0 spiro atoms. The molecule has 0 unspecified atom stereocenters. The van der Waals surface area contributed by atoms with E-state index >= 15 is 0 Å². The van der Waals surface area contributed by atoms with Gasteiger partial charge >= 0.3 is 0 Å². The molecule has 3 heteroatoms. The van der Waals surface area contributed by atoms with Crippen molar-refractivity contribution in [3.05, 3.63) is 83.5 Å². The van der Waals surface area contributed by atoms with Gasteiger partial charge < -0.3 is 0 Å². The van der Waals surface area contributed by atoms with E-state index in [2.05, 4.69) is 91.5 Å². The molecule has 2 aliphatic rings. The van der Waals surface area contributed by atoms with Crippen LogP contribution in [0, 0.1) is 6.08 Å². The molecule has 2 aliphatic carbocycles. The zero-order valence-electron chi connectivity index (χ0n) is 14.4. The van der Waals surface area contributed by atoms with Crippen LogP contribution in [0.2, 0.25) is 13.1 Å². The fraction of sp³-hybridized carbons (Fsp3) is 0.238. The number of halogens is 1. The van der Waals surface area contributed by atoms with Crippen molar-refractivity contribution in [1.82, 2.24) is 0 Å². The van der Waals surface area contributed by atoms with Gasteiger partial charge in [0.1, 0.15) is 0 Å². The summed E-state index contributed by atoms with van der Waals surface area (Å²) in [7, 11) is 1.08. The van der Waals surface area contributed by atoms with Gasteiger partial charge in [-0.3, -0.25) is 6.08 Å². The van der Waals surface area contributed by atoms with E-state index in [9.17, 15) is 0 Å². The third-order valence-electron chi connectivity index (χ3n) is 3.87. The number of alkyl halides is 1. The molecule has 0 nitrogen and oxygen atoms in total. The second-order valence-electron chi connectivity index (χ2n) is 5.35. The van der Waals surface area contributed by atoms with Crippen molar-refractivity contribution in [1.29, 1.82) is 0 Å². The zero-order valence-corrected chi connectivity index (χ0v) is 18.6. The summed E-state index contributed by atoms with van der Waals surface area (Å²) in [4.78, 5) is 0. The van der Waals surface area contributed by atoms with Crippen molar-refractivity contribution in [3.63, 3.8) is 0 Å². The molecule has 122 valence electrons. The molecule has 2 radical (unpaired) electrons. The van der Waals surface area contributed by atoms with Gasteiger partial charge in [-0.15, -0.1) is 18.0 Å². The molecule has 0 N–H and O–H groups in total. The van der Waals surface area contributed by atoms with Crippen LogP contribution in [0.3, 0.4) is 0 Å². The number of hydrogen-bond donors (Lipinski definition) is 0. The van der Waals surface area contributed by atoms with Gasteiger partial charge in [0.15, 0.2) is 0 Å². The van der Waals surface area contributed by atoms with Gasteiger partial charge in [-0.05, 0) is 22.3 Å². The molecule has 0 fully saturated rings. The number of benzene rings is 2. The second-order valence-corrected chi connectivity index (χ2v) is 6.35. The van der Waals surface area contributed by atoms with Crippen molar-refractivity contribution in [2.45, 2.75) is 25.4 Å². The van der Waals surface area contributed by atoms with Gasteiger partial charge in [-0.1, -0.05) is 61.6 Å². The summed E-state index contributed by atoms with van der Waals surface area (Å²) >= 11 is 4.64. The molecule has 0 atom stereocenters. The summed E-state index contributed by atoms with van der Waals surface area (Å²) in [5, 5.41) is 0. The van der Waals surface area contributed by atoms with Crippen molar-refractivity contribution >= 4 is 21.1 Å². The van der Waals surface area contributed by atoms with Crippen molar-refractivity contribution < 1.29 is 26.2 Å². The fourth-order valence-electron chi connectivity index (χ4n) is 3.11. The van der Waals surface area contributed by atoms with E-state index in [4.69, 9.17) is 0 Å². The van der Waals surface area contributed by atoms with Crippen LogP contribution >= 0.6 is 11.6 Å². The first-order valence-corrected chi connectivity index (χ1v) is 10.5. The van der Waals surface area contributed by atoms with E-state index in [1.54, 1.807) is 0 Å². The standard InChI is InChI=1S/C18H13.C2H6Si.CH3Cl.Zr/c1-2-8-13(7-1)18-16-11-5-3-9-14(16)15-10-4-6-12-17(15)18;1-3-2;1-2;/h1,3-7,9-12,18H,2H2;1-2H3;1H3;/q-1;;;. The van der Waals surface area contributed by atoms with Crippen molar-refractivity contribution in [2.24, 2.45) is 0 Å². The summed E-state index contributed by atoms with van der Waals surface area (Å²) in [6, 6.07) is 17.5. The van der Waals surface area contributed by atoms with Crippen molar-refractivity contribution in [2.75, 3.05) is 6.38 Å². The molecule has 0 aliphatic heterocycles. The Hall–Kier alpha value is -0.690. The van der Waals surface area contributed by atoms with Crippen LogP contribution in [-0.4, -0.2) is 15.9 Å². The van der Waals surface area contributed by atoms with Gasteiger partial charge in [-0.25, -0.2) is 11.6 Å². The minimum absolute atomic E-state index is 0. The summed E-state index contributed by atoms with van der Waals surface area (Å²) < 4.78 is 0. The number of hydrogen-bond acceptors (Lipinski definition) is 0. The zero-order chi connectivity index (χ0) is 16.7. The Balaban J connectivity index is 0.000000437. The number of allylic oxidation sites excluding steroid dienone is 4. The van der Waals surface area contributed by atoms with Crippen LogP contribution in [0.4, 0.5) is 0 Å². The Morgan fingerprint density at radius 2 is 1.38 bits per heavy atom. The maximum absolute atomic E-state index is 4.64. The maximum Gasteiger partial charge on any atom is 0.0307 e. The minimum atomic E-state index is 0. The van der Waals surface area contributed by atoms with Crippen LogP contribution in [-0.2, 0) is 26.2 Å². The summed E-state index contributed by atoms with van der Waals surface area (Å²) in [5.74, 6) is 0.385. The van der Waals surface area contributed by atoms with E-state index in [-0.39, 0.29) is 26.2 Å². The molecular weight excluding hydrogens is 407 g/mol. The topological polar surface area (TPSA) is 0 Å². The molecule has 24 heavy (non-hydrogen) atoms. The Labute approximate surface area is 173 Å². The Morgan fingerprint density at radius 3 is 1.79 bits per heavy atom. The monoisotopic (exact) mass is 427 g/mol. The third-order valence-corrected chi connectivity index (χ3v) is 3.87. The molecular formula is C21H22ClSiZr-. The van der Waals surface area contributed by atoms with Gasteiger partial charge in [0, 0.05) is 48.0 Å². The molecule has 4 rings (SSSR count). The summed E-state index contributed by atoms with van der Waals surface area (Å²) in [6.45, 7) is 4.31. The van der Waals surface area contributed by atoms with Gasteiger partial charge in [0.2, 0.25) is 0 Å². The van der Waals surface area contributed by atoms with Crippen LogP contribution in [0.15, 0.2) is 66.3 Å². The van der Waals surface area contributed by atoms with Crippen molar-refractivity contribution in [3.8, 4) is 11.1 Å². The largest absolute Gasteiger partial charge is 0.269 e. The van der Waals surface area contributed by atoms with Crippen LogP contribution in [0.5, 0.6) is 0 Å². The molecule has 0 aromatic heterocycles. The molecule has 0 heterocycles. The van der Waals surface area contributed by atoms with E-state index in [0.717, 1.165) is 15.9 Å². The Bertz CT molecular complexity index is 661. The van der Waals surface area contributed by atoms with Gasteiger partial charge in [0.25, 0.3) is 0 Å². The molecule has 0 bridgehead atoms. The van der Waals surface area contributed by atoms with Crippen LogP contribution in [0.1, 0.15) is 23.5 Å². The molecule has 0 amide bonds. The van der Waals surface area contributed by atoms with E-state index < -0.39 is 0 Å². The fourth-order valence-corrected chi connectivity index (χ4v) is 3.11. The summed E-state index contributed by atoms with van der Waals surface area (Å²) in [5.41, 5.74) is 6.94. The first-order chi connectivity index (χ1) is 11.4. The molecule has 2 aromatic rings. The Morgan fingerprint density at radius 1 is 0.917 bits per heavy atom. The minimum Gasteiger partial charge on any atom is -0.269 e. The predicted molar refractivity (Wildman–Crippen MR) is 103 cm³/mol. The Kier molecular flexibility index (Phi) is 9.81. The van der Waals surface area contributed by atoms with E-state index in [1.807, 2.05) is 0 Å². The number of rotatable bonds is 1. The maximum atomic E-state index is 4.64.